The zero-order chi connectivity index (χ0) is 15.4. The number of nitrogens with one attached hydrogen (secondary N) is 1. The van der Waals surface area contributed by atoms with E-state index in [0.29, 0.717) is 10.7 Å². The van der Waals surface area contributed by atoms with Gasteiger partial charge in [0.15, 0.2) is 4.32 Å². The molecule has 1 heterocycles. The van der Waals surface area contributed by atoms with Gasteiger partial charge in [-0.25, -0.2) is 4.99 Å². The lowest BCUT2D eigenvalue weighted by atomic mass is 10.3. The van der Waals surface area contributed by atoms with Gasteiger partial charge in [0, 0.05) is 17.2 Å². The zero-order valence-electron chi connectivity index (χ0n) is 11.4. The lowest BCUT2D eigenvalue weighted by Gasteiger charge is -2.09. The summed E-state index contributed by atoms with van der Waals surface area (Å²) in [6.45, 7) is 0. The fraction of sp³-hybridized carbons (Fsp3) is 0. The van der Waals surface area contributed by atoms with Crippen molar-refractivity contribution in [3.8, 4) is 5.69 Å². The summed E-state index contributed by atoms with van der Waals surface area (Å²) >= 11 is 10.3. The first kappa shape index (κ1) is 15.0. The molecule has 0 aliphatic carbocycles. The number of nitrogens with zero attached hydrogens (tertiary/aromatic N) is 3. The molecule has 1 aromatic heterocycles. The van der Waals surface area contributed by atoms with Crippen LogP contribution in [0.2, 0.25) is 0 Å². The van der Waals surface area contributed by atoms with E-state index in [-0.39, 0.29) is 4.32 Å². The van der Waals surface area contributed by atoms with E-state index in [1.807, 2.05) is 65.2 Å². The largest absolute Gasteiger partial charge is 0.325 e. The Labute approximate surface area is 142 Å². The highest BCUT2D eigenvalue weighted by atomic mass is 32.1. The number of hydrogen-bond acceptors (Lipinski definition) is 4. The molecule has 0 radical (unpaired) electrons. The fourth-order valence-electron chi connectivity index (χ4n) is 1.95. The predicted octanol–water partition coefficient (Wildman–Crippen LogP) is 3.79. The molecule has 7 heteroatoms. The lowest BCUT2D eigenvalue weighted by molar-refractivity contribution is 1.00. The van der Waals surface area contributed by atoms with Gasteiger partial charge in [0.05, 0.1) is 5.69 Å². The second-order valence-corrected chi connectivity index (χ2v) is 6.19. The van der Waals surface area contributed by atoms with Gasteiger partial charge in [-0.3, -0.25) is 4.57 Å². The summed E-state index contributed by atoms with van der Waals surface area (Å²) in [5.41, 5.74) is 1.91. The number of aromatic nitrogens is 2. The Morgan fingerprint density at radius 2 is 1.73 bits per heavy atom. The molecule has 0 fully saturated rings. The predicted molar refractivity (Wildman–Crippen MR) is 98.3 cm³/mol. The van der Waals surface area contributed by atoms with Gasteiger partial charge in [-0.05, 0) is 24.3 Å². The summed E-state index contributed by atoms with van der Waals surface area (Å²) in [4.78, 5) is 4.94. The minimum Gasteiger partial charge on any atom is -0.325 e. The Morgan fingerprint density at radius 1 is 1.09 bits per heavy atom. The SMILES string of the molecule is S=C(S)/N=c1\snc(Nc2ccccc2)n1-c1ccccc1. The molecule has 0 aliphatic heterocycles. The first-order valence-electron chi connectivity index (χ1n) is 6.48. The number of anilines is 2. The number of hydrogen-bond donors (Lipinski definition) is 2. The van der Waals surface area contributed by atoms with Gasteiger partial charge in [-0.1, -0.05) is 48.6 Å². The molecular formula is C15H12N4S3. The van der Waals surface area contributed by atoms with Gasteiger partial charge in [0.1, 0.15) is 0 Å². The fourth-order valence-corrected chi connectivity index (χ4v) is 2.96. The van der Waals surface area contributed by atoms with E-state index in [2.05, 4.69) is 27.3 Å². The Bertz CT molecular complexity index is 838. The van der Waals surface area contributed by atoms with Crippen LogP contribution in [-0.2, 0) is 0 Å². The van der Waals surface area contributed by atoms with Crippen molar-refractivity contribution in [2.75, 3.05) is 5.32 Å². The maximum Gasteiger partial charge on any atom is 0.225 e. The van der Waals surface area contributed by atoms with Crippen LogP contribution in [0.1, 0.15) is 0 Å². The van der Waals surface area contributed by atoms with Crippen LogP contribution in [0.3, 0.4) is 0 Å². The van der Waals surface area contributed by atoms with Crippen molar-refractivity contribution in [1.29, 1.82) is 0 Å². The van der Waals surface area contributed by atoms with Gasteiger partial charge in [-0.15, -0.1) is 12.6 Å². The molecule has 0 unspecified atom stereocenters. The third kappa shape index (κ3) is 3.44. The van der Waals surface area contributed by atoms with Crippen LogP contribution in [-0.4, -0.2) is 13.3 Å². The summed E-state index contributed by atoms with van der Waals surface area (Å²) in [6, 6.07) is 19.8. The van der Waals surface area contributed by atoms with Crippen molar-refractivity contribution in [3.05, 3.63) is 65.5 Å². The van der Waals surface area contributed by atoms with E-state index in [1.54, 1.807) is 0 Å². The standard InChI is InChI=1S/C15H12N4S3/c20-15(21)17-14-19(12-9-5-2-6-10-12)13(18-22-14)16-11-7-3-1-4-8-11/h1-10H,(H,16,18)(H,20,21)/b17-14-. The average molecular weight is 344 g/mol. The molecule has 0 aliphatic rings. The van der Waals surface area contributed by atoms with Gasteiger partial charge in [0.2, 0.25) is 10.7 Å². The summed E-state index contributed by atoms with van der Waals surface area (Å²) < 4.78 is 6.64. The summed E-state index contributed by atoms with van der Waals surface area (Å²) in [5, 5.41) is 3.30. The van der Waals surface area contributed by atoms with Crippen LogP contribution in [0.25, 0.3) is 5.69 Å². The van der Waals surface area contributed by atoms with Gasteiger partial charge >= 0.3 is 0 Å². The topological polar surface area (TPSA) is 42.2 Å². The van der Waals surface area contributed by atoms with Crippen molar-refractivity contribution in [3.63, 3.8) is 0 Å². The second kappa shape index (κ2) is 6.87. The molecule has 0 saturated heterocycles. The van der Waals surface area contributed by atoms with Crippen LogP contribution in [0, 0.1) is 0 Å². The molecule has 1 N–H and O–H groups in total. The molecule has 0 saturated carbocycles. The molecule has 22 heavy (non-hydrogen) atoms. The molecule has 0 bridgehead atoms. The summed E-state index contributed by atoms with van der Waals surface area (Å²) in [5.74, 6) is 0.686. The van der Waals surface area contributed by atoms with Crippen LogP contribution in [0.5, 0.6) is 0 Å². The monoisotopic (exact) mass is 344 g/mol. The molecule has 0 spiro atoms. The smallest absolute Gasteiger partial charge is 0.225 e. The molecule has 0 atom stereocenters. The lowest BCUT2D eigenvalue weighted by Crippen LogP contribution is -2.15. The highest BCUT2D eigenvalue weighted by Gasteiger charge is 2.10. The third-order valence-corrected chi connectivity index (χ3v) is 3.75. The molecule has 3 aromatic rings. The number of benzene rings is 2. The van der Waals surface area contributed by atoms with Gasteiger partial charge in [-0.2, -0.15) is 4.37 Å². The van der Waals surface area contributed by atoms with Crippen LogP contribution in [0.4, 0.5) is 11.6 Å². The van der Waals surface area contributed by atoms with Gasteiger partial charge in [0.25, 0.3) is 0 Å². The van der Waals surface area contributed by atoms with E-state index in [9.17, 15) is 0 Å². The first-order chi connectivity index (χ1) is 10.7. The van der Waals surface area contributed by atoms with E-state index in [1.165, 1.54) is 11.5 Å². The van der Waals surface area contributed by atoms with E-state index >= 15 is 0 Å². The number of rotatable bonds is 3. The molecule has 0 amide bonds. The van der Waals surface area contributed by atoms with Crippen LogP contribution < -0.4 is 10.1 Å². The molecule has 2 aromatic carbocycles. The van der Waals surface area contributed by atoms with Crippen LogP contribution >= 0.6 is 36.4 Å². The van der Waals surface area contributed by atoms with Crippen molar-refractivity contribution >= 4 is 52.3 Å². The Hall–Kier alpha value is -1.96. The Balaban J connectivity index is 2.11. The minimum atomic E-state index is 0.277. The van der Waals surface area contributed by atoms with Crippen LogP contribution in [0.15, 0.2) is 65.7 Å². The van der Waals surface area contributed by atoms with Crippen molar-refractivity contribution in [2.45, 2.75) is 0 Å². The quantitative estimate of drug-likeness (QED) is 0.561. The molecule has 3 rings (SSSR count). The Morgan fingerprint density at radius 3 is 2.36 bits per heavy atom. The minimum absolute atomic E-state index is 0.277. The highest BCUT2D eigenvalue weighted by Crippen LogP contribution is 2.17. The van der Waals surface area contributed by atoms with Gasteiger partial charge < -0.3 is 5.32 Å². The first-order valence-corrected chi connectivity index (χ1v) is 8.11. The maximum atomic E-state index is 4.97. The number of thiocarbonyl (C=S) groups is 1. The highest BCUT2D eigenvalue weighted by molar-refractivity contribution is 8.11. The summed E-state index contributed by atoms with van der Waals surface area (Å²) in [7, 11) is 0. The third-order valence-electron chi connectivity index (χ3n) is 2.85. The zero-order valence-corrected chi connectivity index (χ0v) is 13.9. The second-order valence-electron chi connectivity index (χ2n) is 4.35. The average Bonchev–Trinajstić information content (AvgIpc) is 2.91. The molecule has 4 nitrogen and oxygen atoms in total. The molecular weight excluding hydrogens is 332 g/mol. The Kier molecular flexibility index (Phi) is 4.67. The van der Waals surface area contributed by atoms with Crippen molar-refractivity contribution in [2.24, 2.45) is 4.99 Å². The maximum absolute atomic E-state index is 4.97. The van der Waals surface area contributed by atoms with Crippen molar-refractivity contribution in [1.82, 2.24) is 8.94 Å². The molecule has 110 valence electrons. The van der Waals surface area contributed by atoms with E-state index < -0.39 is 0 Å². The summed E-state index contributed by atoms with van der Waals surface area (Å²) in [6.07, 6.45) is 0. The number of thiol groups is 1. The van der Waals surface area contributed by atoms with Crippen molar-refractivity contribution < 1.29 is 0 Å². The van der Waals surface area contributed by atoms with E-state index in [0.717, 1.165) is 11.4 Å². The number of para-hydroxylation sites is 2. The normalized spacial score (nSPS) is 11.4. The van der Waals surface area contributed by atoms with E-state index in [4.69, 9.17) is 12.2 Å².